The molecule has 1 aromatic heterocycles. The van der Waals surface area contributed by atoms with Gasteiger partial charge in [0, 0.05) is 29.5 Å². The number of benzene rings is 1. The molecule has 106 valence electrons. The van der Waals surface area contributed by atoms with Gasteiger partial charge in [0.1, 0.15) is 0 Å². The molecule has 0 saturated heterocycles. The summed E-state index contributed by atoms with van der Waals surface area (Å²) < 4.78 is 1.98. The molecule has 1 atom stereocenters. The number of hydrogen-bond acceptors (Lipinski definition) is 2. The molecular formula is C16H20ClN3. The monoisotopic (exact) mass is 289 g/mol. The number of rotatable bonds is 5. The minimum atomic E-state index is 0.445. The maximum Gasteiger partial charge on any atom is 0.0560 e. The fraction of sp³-hybridized carbons (Fsp3) is 0.438. The third-order valence-electron chi connectivity index (χ3n) is 4.00. The highest BCUT2D eigenvalue weighted by Crippen LogP contribution is 2.37. The minimum Gasteiger partial charge on any atom is -0.310 e. The summed E-state index contributed by atoms with van der Waals surface area (Å²) in [6.45, 7) is 3.14. The van der Waals surface area contributed by atoms with E-state index in [1.54, 1.807) is 0 Å². The summed E-state index contributed by atoms with van der Waals surface area (Å²) in [7, 11) is 0. The lowest BCUT2D eigenvalue weighted by molar-refractivity contribution is 0.258. The summed E-state index contributed by atoms with van der Waals surface area (Å²) in [6, 6.07) is 11.3. The summed E-state index contributed by atoms with van der Waals surface area (Å²) in [5.41, 5.74) is 1.37. The highest BCUT2D eigenvalue weighted by molar-refractivity contribution is 6.30. The molecule has 1 aliphatic rings. The largest absolute Gasteiger partial charge is 0.310 e. The molecule has 0 bridgehead atoms. The van der Waals surface area contributed by atoms with Crippen LogP contribution in [-0.2, 0) is 6.54 Å². The highest BCUT2D eigenvalue weighted by Gasteiger charge is 2.30. The van der Waals surface area contributed by atoms with Crippen molar-refractivity contribution in [3.05, 3.63) is 53.3 Å². The van der Waals surface area contributed by atoms with Crippen molar-refractivity contribution in [2.45, 2.75) is 44.3 Å². The second-order valence-electron chi connectivity index (χ2n) is 5.72. The smallest absolute Gasteiger partial charge is 0.0560 e. The Hall–Kier alpha value is -1.32. The predicted molar refractivity (Wildman–Crippen MR) is 82.0 cm³/mol. The molecule has 4 heteroatoms. The van der Waals surface area contributed by atoms with Gasteiger partial charge in [0.05, 0.1) is 6.54 Å². The Kier molecular flexibility index (Phi) is 4.08. The maximum absolute atomic E-state index is 6.04. The summed E-state index contributed by atoms with van der Waals surface area (Å²) in [5.74, 6) is 0.656. The molecule has 1 aliphatic carbocycles. The van der Waals surface area contributed by atoms with Crippen LogP contribution in [0.15, 0.2) is 42.7 Å². The minimum absolute atomic E-state index is 0.445. The van der Waals surface area contributed by atoms with Crippen LogP contribution in [-0.4, -0.2) is 21.9 Å². The highest BCUT2D eigenvalue weighted by atomic mass is 35.5. The van der Waals surface area contributed by atoms with Gasteiger partial charge in [-0.1, -0.05) is 23.7 Å². The summed E-state index contributed by atoms with van der Waals surface area (Å²) in [5, 5.41) is 8.76. The van der Waals surface area contributed by atoms with Crippen LogP contribution in [0.4, 0.5) is 0 Å². The zero-order valence-corrected chi connectivity index (χ0v) is 12.4. The number of halogens is 1. The molecule has 0 amide bonds. The van der Waals surface area contributed by atoms with E-state index in [1.807, 2.05) is 35.3 Å². The number of nitrogens with one attached hydrogen (secondary N) is 1. The first-order valence-corrected chi connectivity index (χ1v) is 7.57. The molecule has 1 N–H and O–H groups in total. The molecule has 2 aromatic rings. The van der Waals surface area contributed by atoms with Crippen molar-refractivity contribution >= 4 is 11.6 Å². The second kappa shape index (κ2) is 5.98. The van der Waals surface area contributed by atoms with E-state index in [9.17, 15) is 0 Å². The molecule has 0 aliphatic heterocycles. The lowest BCUT2D eigenvalue weighted by atomic mass is 9.75. The fourth-order valence-corrected chi connectivity index (χ4v) is 3.13. The van der Waals surface area contributed by atoms with Gasteiger partial charge in [-0.2, -0.15) is 5.10 Å². The van der Waals surface area contributed by atoms with E-state index in [0.717, 1.165) is 11.6 Å². The number of aromatic nitrogens is 2. The first-order chi connectivity index (χ1) is 9.70. The van der Waals surface area contributed by atoms with Crippen molar-refractivity contribution in [2.75, 3.05) is 0 Å². The molecule has 3 nitrogen and oxygen atoms in total. The Bertz CT molecular complexity index is 547. The molecule has 1 heterocycles. The topological polar surface area (TPSA) is 29.9 Å². The summed E-state index contributed by atoms with van der Waals surface area (Å²) in [6.07, 6.45) is 6.23. The molecule has 0 radical (unpaired) electrons. The number of hydrogen-bond donors (Lipinski definition) is 1. The van der Waals surface area contributed by atoms with Crippen LogP contribution >= 0.6 is 11.6 Å². The van der Waals surface area contributed by atoms with Gasteiger partial charge in [0.2, 0.25) is 0 Å². The Labute approximate surface area is 124 Å². The van der Waals surface area contributed by atoms with Crippen molar-refractivity contribution in [3.63, 3.8) is 0 Å². The third-order valence-corrected chi connectivity index (χ3v) is 4.23. The Balaban J connectivity index is 1.46. The molecule has 1 aromatic carbocycles. The van der Waals surface area contributed by atoms with Crippen LogP contribution < -0.4 is 5.32 Å². The van der Waals surface area contributed by atoms with Gasteiger partial charge in [-0.15, -0.1) is 0 Å². The quantitative estimate of drug-likeness (QED) is 0.913. The predicted octanol–water partition coefficient (Wildman–Crippen LogP) is 3.46. The molecular weight excluding hydrogens is 270 g/mol. The Morgan fingerprint density at radius 2 is 2.25 bits per heavy atom. The first-order valence-electron chi connectivity index (χ1n) is 7.19. The molecule has 0 spiro atoms. The van der Waals surface area contributed by atoms with E-state index in [-0.39, 0.29) is 0 Å². The lowest BCUT2D eigenvalue weighted by Crippen LogP contribution is -2.45. The molecule has 1 saturated carbocycles. The Morgan fingerprint density at radius 3 is 2.95 bits per heavy atom. The maximum atomic E-state index is 6.04. The van der Waals surface area contributed by atoms with Crippen LogP contribution in [0.25, 0.3) is 0 Å². The van der Waals surface area contributed by atoms with Gasteiger partial charge in [-0.25, -0.2) is 0 Å². The zero-order chi connectivity index (χ0) is 13.9. The van der Waals surface area contributed by atoms with Crippen molar-refractivity contribution in [2.24, 2.45) is 0 Å². The van der Waals surface area contributed by atoms with Crippen LogP contribution in [0.3, 0.4) is 0 Å². The van der Waals surface area contributed by atoms with Crippen LogP contribution in [0.1, 0.15) is 31.2 Å². The van der Waals surface area contributed by atoms with Crippen molar-refractivity contribution in [1.29, 1.82) is 0 Å². The molecule has 1 fully saturated rings. The second-order valence-corrected chi connectivity index (χ2v) is 6.15. The van der Waals surface area contributed by atoms with Crippen molar-refractivity contribution < 1.29 is 0 Å². The third kappa shape index (κ3) is 3.22. The fourth-order valence-electron chi connectivity index (χ4n) is 2.93. The molecule has 3 rings (SSSR count). The standard InChI is InChI=1S/C16H20ClN3/c1-12(11-20-7-3-6-18-20)19-16-9-14(10-16)13-4-2-5-15(17)8-13/h2-8,12,14,16,19H,9-11H2,1H3. The Morgan fingerprint density at radius 1 is 1.40 bits per heavy atom. The van der Waals surface area contributed by atoms with Crippen molar-refractivity contribution in [1.82, 2.24) is 15.1 Å². The SMILES string of the molecule is CC(Cn1cccn1)NC1CC(c2cccc(Cl)c2)C1. The zero-order valence-electron chi connectivity index (χ0n) is 11.7. The number of nitrogens with zero attached hydrogens (tertiary/aromatic N) is 2. The van der Waals surface area contributed by atoms with Crippen LogP contribution in [0.2, 0.25) is 5.02 Å². The first kappa shape index (κ1) is 13.7. The van der Waals surface area contributed by atoms with E-state index < -0.39 is 0 Å². The summed E-state index contributed by atoms with van der Waals surface area (Å²) >= 11 is 6.04. The van der Waals surface area contributed by atoms with E-state index in [1.165, 1.54) is 18.4 Å². The van der Waals surface area contributed by atoms with Crippen LogP contribution in [0.5, 0.6) is 0 Å². The van der Waals surface area contributed by atoms with Gasteiger partial charge in [-0.05, 0) is 49.4 Å². The van der Waals surface area contributed by atoms with E-state index in [0.29, 0.717) is 18.0 Å². The average molecular weight is 290 g/mol. The lowest BCUT2D eigenvalue weighted by Gasteiger charge is -2.38. The van der Waals surface area contributed by atoms with Crippen LogP contribution in [0, 0.1) is 0 Å². The van der Waals surface area contributed by atoms with Gasteiger partial charge < -0.3 is 5.32 Å². The van der Waals surface area contributed by atoms with Gasteiger partial charge >= 0.3 is 0 Å². The van der Waals surface area contributed by atoms with E-state index in [2.05, 4.69) is 29.5 Å². The van der Waals surface area contributed by atoms with E-state index >= 15 is 0 Å². The molecule has 1 unspecified atom stereocenters. The average Bonchev–Trinajstić information content (AvgIpc) is 2.86. The molecule has 20 heavy (non-hydrogen) atoms. The van der Waals surface area contributed by atoms with Gasteiger partial charge in [0.15, 0.2) is 0 Å². The van der Waals surface area contributed by atoms with Crippen molar-refractivity contribution in [3.8, 4) is 0 Å². The van der Waals surface area contributed by atoms with E-state index in [4.69, 9.17) is 11.6 Å². The normalized spacial score (nSPS) is 23.3. The van der Waals surface area contributed by atoms with Gasteiger partial charge in [-0.3, -0.25) is 4.68 Å². The van der Waals surface area contributed by atoms with Gasteiger partial charge in [0.25, 0.3) is 0 Å². The summed E-state index contributed by atoms with van der Waals surface area (Å²) in [4.78, 5) is 0.